The number of rotatable bonds is 2. The van der Waals surface area contributed by atoms with E-state index in [1.54, 1.807) is 0 Å². The van der Waals surface area contributed by atoms with Gasteiger partial charge >= 0.3 is 0 Å². The minimum absolute atomic E-state index is 0.280. The summed E-state index contributed by atoms with van der Waals surface area (Å²) in [4.78, 5) is 0. The van der Waals surface area contributed by atoms with Crippen molar-refractivity contribution in [2.75, 3.05) is 6.07 Å². The van der Waals surface area contributed by atoms with Crippen LogP contribution < -0.4 is 0 Å². The third-order valence-corrected chi connectivity index (χ3v) is 6.99. The topological polar surface area (TPSA) is 9.23 Å². The Morgan fingerprint density at radius 1 is 1.30 bits per heavy atom. The Bertz CT molecular complexity index is 107. The van der Waals surface area contributed by atoms with Crippen molar-refractivity contribution in [2.24, 2.45) is 0 Å². The fourth-order valence-corrected chi connectivity index (χ4v) is 1.88. The molecular formula is C7H17ClOSi. The molecule has 1 nitrogen and oxygen atoms in total. The SMILES string of the molecule is CC(C)(C)[Si](C)(C)OCCl. The van der Waals surface area contributed by atoms with Gasteiger partial charge in [0.15, 0.2) is 8.32 Å². The Hall–Kier alpha value is 0.467. The third-order valence-electron chi connectivity index (χ3n) is 2.22. The first-order valence-electron chi connectivity index (χ1n) is 3.51. The van der Waals surface area contributed by atoms with E-state index >= 15 is 0 Å². The summed E-state index contributed by atoms with van der Waals surface area (Å²) in [6, 6.07) is 0.330. The number of hydrogen-bond donors (Lipinski definition) is 0. The monoisotopic (exact) mass is 180 g/mol. The molecule has 0 N–H and O–H groups in total. The molecule has 0 aromatic rings. The van der Waals surface area contributed by atoms with Gasteiger partial charge < -0.3 is 4.43 Å². The van der Waals surface area contributed by atoms with Crippen LogP contribution in [0.25, 0.3) is 0 Å². The molecule has 0 unspecified atom stereocenters. The molecule has 0 aromatic carbocycles. The zero-order chi connectivity index (χ0) is 8.41. The highest BCUT2D eigenvalue weighted by molar-refractivity contribution is 6.74. The highest BCUT2D eigenvalue weighted by atomic mass is 35.5. The fraction of sp³-hybridized carbons (Fsp3) is 1.00. The van der Waals surface area contributed by atoms with Crippen LogP contribution >= 0.6 is 11.6 Å². The molecule has 0 radical (unpaired) electrons. The van der Waals surface area contributed by atoms with E-state index in [9.17, 15) is 0 Å². The minimum Gasteiger partial charge on any atom is -0.403 e. The normalized spacial score (nSPS) is 13.8. The summed E-state index contributed by atoms with van der Waals surface area (Å²) < 4.78 is 5.50. The van der Waals surface area contributed by atoms with Crippen molar-refractivity contribution >= 4 is 19.9 Å². The van der Waals surface area contributed by atoms with Crippen molar-refractivity contribution in [3.8, 4) is 0 Å². The summed E-state index contributed by atoms with van der Waals surface area (Å²) in [6.07, 6.45) is 0. The second-order valence-corrected chi connectivity index (χ2v) is 9.04. The van der Waals surface area contributed by atoms with Crippen LogP contribution in [-0.2, 0) is 4.43 Å². The molecule has 0 spiro atoms. The second-order valence-electron chi connectivity index (χ2n) is 4.01. The molecule has 0 fully saturated rings. The minimum atomic E-state index is -1.54. The van der Waals surface area contributed by atoms with Gasteiger partial charge in [-0.25, -0.2) is 0 Å². The molecular weight excluding hydrogens is 164 g/mol. The van der Waals surface area contributed by atoms with E-state index in [4.69, 9.17) is 16.0 Å². The largest absolute Gasteiger partial charge is 0.403 e. The summed E-state index contributed by atoms with van der Waals surface area (Å²) in [5.74, 6) is 0. The van der Waals surface area contributed by atoms with Gasteiger partial charge in [-0.2, -0.15) is 0 Å². The molecule has 0 aliphatic carbocycles. The van der Waals surface area contributed by atoms with E-state index in [2.05, 4.69) is 33.9 Å². The van der Waals surface area contributed by atoms with Crippen molar-refractivity contribution in [2.45, 2.75) is 38.9 Å². The maximum atomic E-state index is 5.50. The number of hydrogen-bond acceptors (Lipinski definition) is 1. The summed E-state index contributed by atoms with van der Waals surface area (Å²) in [7, 11) is -1.54. The van der Waals surface area contributed by atoms with Crippen molar-refractivity contribution in [3.63, 3.8) is 0 Å². The molecule has 0 bridgehead atoms. The second kappa shape index (κ2) is 3.24. The Labute approximate surface area is 69.9 Å². The highest BCUT2D eigenvalue weighted by Crippen LogP contribution is 2.36. The van der Waals surface area contributed by atoms with Crippen LogP contribution in [0.2, 0.25) is 18.1 Å². The highest BCUT2D eigenvalue weighted by Gasteiger charge is 2.36. The van der Waals surface area contributed by atoms with Crippen molar-refractivity contribution in [3.05, 3.63) is 0 Å². The predicted octanol–water partition coefficient (Wildman–Crippen LogP) is 3.20. The summed E-state index contributed by atoms with van der Waals surface area (Å²) >= 11 is 5.50. The summed E-state index contributed by atoms with van der Waals surface area (Å²) in [6.45, 7) is 11.0. The molecule has 0 heterocycles. The fourth-order valence-electron chi connectivity index (χ4n) is 0.353. The van der Waals surface area contributed by atoms with E-state index in [0.29, 0.717) is 6.07 Å². The molecule has 0 rings (SSSR count). The van der Waals surface area contributed by atoms with Crippen LogP contribution in [-0.4, -0.2) is 14.4 Å². The zero-order valence-electron chi connectivity index (χ0n) is 7.49. The smallest absolute Gasteiger partial charge is 0.193 e. The van der Waals surface area contributed by atoms with Gasteiger partial charge in [-0.3, -0.25) is 0 Å². The first-order valence-corrected chi connectivity index (χ1v) is 6.95. The molecule has 0 atom stereocenters. The van der Waals surface area contributed by atoms with Gasteiger partial charge in [0.05, 0.1) is 0 Å². The third kappa shape index (κ3) is 2.60. The van der Waals surface area contributed by atoms with Crippen molar-refractivity contribution < 1.29 is 4.43 Å². The number of halogens is 1. The molecule has 0 saturated carbocycles. The Balaban J connectivity index is 4.10. The first-order chi connectivity index (χ1) is 4.31. The van der Waals surface area contributed by atoms with Gasteiger partial charge in [0.2, 0.25) is 0 Å². The van der Waals surface area contributed by atoms with E-state index in [1.807, 2.05) is 0 Å². The lowest BCUT2D eigenvalue weighted by molar-refractivity contribution is 0.350. The molecule has 3 heteroatoms. The average molecular weight is 181 g/mol. The lowest BCUT2D eigenvalue weighted by Crippen LogP contribution is -2.40. The summed E-state index contributed by atoms with van der Waals surface area (Å²) in [5.41, 5.74) is 0. The average Bonchev–Trinajstić information content (AvgIpc) is 1.61. The van der Waals surface area contributed by atoms with E-state index in [1.165, 1.54) is 0 Å². The lowest BCUT2D eigenvalue weighted by Gasteiger charge is -2.35. The Morgan fingerprint density at radius 3 is 1.80 bits per heavy atom. The van der Waals surface area contributed by atoms with Crippen LogP contribution in [0.5, 0.6) is 0 Å². The van der Waals surface area contributed by atoms with Crippen LogP contribution in [0, 0.1) is 0 Å². The van der Waals surface area contributed by atoms with Gasteiger partial charge in [-0.05, 0) is 18.1 Å². The van der Waals surface area contributed by atoms with Gasteiger partial charge in [0, 0.05) is 0 Å². The molecule has 10 heavy (non-hydrogen) atoms. The van der Waals surface area contributed by atoms with Crippen molar-refractivity contribution in [1.82, 2.24) is 0 Å². The molecule has 62 valence electrons. The van der Waals surface area contributed by atoms with E-state index < -0.39 is 8.32 Å². The number of alkyl halides is 1. The molecule has 0 amide bonds. The first kappa shape index (κ1) is 10.5. The van der Waals surface area contributed by atoms with Crippen LogP contribution in [0.15, 0.2) is 0 Å². The van der Waals surface area contributed by atoms with E-state index in [0.717, 1.165) is 0 Å². The maximum Gasteiger partial charge on any atom is 0.193 e. The quantitative estimate of drug-likeness (QED) is 0.469. The lowest BCUT2D eigenvalue weighted by atomic mass is 10.2. The zero-order valence-corrected chi connectivity index (χ0v) is 9.25. The van der Waals surface area contributed by atoms with Gasteiger partial charge in [-0.15, -0.1) is 0 Å². The van der Waals surface area contributed by atoms with Gasteiger partial charge in [0.1, 0.15) is 6.07 Å². The van der Waals surface area contributed by atoms with Gasteiger partial charge in [0.25, 0.3) is 0 Å². The summed E-state index contributed by atoms with van der Waals surface area (Å²) in [5, 5.41) is 0.280. The maximum absolute atomic E-state index is 5.50. The molecule has 0 aliphatic rings. The Morgan fingerprint density at radius 2 is 1.70 bits per heavy atom. The standard InChI is InChI=1S/C7H17ClOSi/c1-7(2,3)10(4,5)9-6-8/h6H2,1-5H3. The van der Waals surface area contributed by atoms with Crippen molar-refractivity contribution in [1.29, 1.82) is 0 Å². The molecule has 0 saturated heterocycles. The Kier molecular flexibility index (Phi) is 3.39. The van der Waals surface area contributed by atoms with Crippen LogP contribution in [0.1, 0.15) is 20.8 Å². The molecule has 0 aromatic heterocycles. The van der Waals surface area contributed by atoms with Crippen LogP contribution in [0.3, 0.4) is 0 Å². The van der Waals surface area contributed by atoms with E-state index in [-0.39, 0.29) is 5.04 Å². The van der Waals surface area contributed by atoms with Gasteiger partial charge in [-0.1, -0.05) is 32.4 Å². The predicted molar refractivity (Wildman–Crippen MR) is 49.0 cm³/mol. The van der Waals surface area contributed by atoms with Crippen LogP contribution in [0.4, 0.5) is 0 Å². The molecule has 0 aliphatic heterocycles.